The average Bonchev–Trinajstić information content (AvgIpc) is 3.27. The topological polar surface area (TPSA) is 81.6 Å². The van der Waals surface area contributed by atoms with Crippen molar-refractivity contribution >= 4 is 15.9 Å². The number of rotatable bonds is 5. The van der Waals surface area contributed by atoms with Gasteiger partial charge in [0, 0.05) is 24.7 Å². The Morgan fingerprint density at radius 1 is 1.17 bits per heavy atom. The number of aryl methyl sites for hydroxylation is 3. The number of aromatic amines is 1. The summed E-state index contributed by atoms with van der Waals surface area (Å²) < 4.78 is 11.5. The molecule has 4 rings (SSSR count). The van der Waals surface area contributed by atoms with Gasteiger partial charge in [-0.05, 0) is 63.5 Å². The third kappa shape index (κ3) is 3.73. The fourth-order valence-corrected chi connectivity index (χ4v) is 3.42. The standard InChI is InChI=1S/C20H19BrN6O2/c1-13-5-4-6-18(27-20(28)25(3)23-24-27)17(13)12-29-19-8-7-16(9-14(19)2)26-11-15(21)10-22-26/h4-11H,12H2,1-3H3/p+1. The lowest BCUT2D eigenvalue weighted by atomic mass is 10.1. The highest BCUT2D eigenvalue weighted by atomic mass is 79.9. The van der Waals surface area contributed by atoms with Crippen LogP contribution in [0.1, 0.15) is 16.7 Å². The summed E-state index contributed by atoms with van der Waals surface area (Å²) in [6.07, 6.45) is 3.82. The van der Waals surface area contributed by atoms with E-state index < -0.39 is 0 Å². The second-order valence-electron chi connectivity index (χ2n) is 6.77. The van der Waals surface area contributed by atoms with Crippen molar-refractivity contribution in [1.29, 1.82) is 0 Å². The fraction of sp³-hybridized carbons (Fsp3) is 0.200. The minimum absolute atomic E-state index is 0.300. The zero-order chi connectivity index (χ0) is 20.5. The number of aromatic nitrogens is 6. The monoisotopic (exact) mass is 455 g/mol. The molecular formula is C20H20BrN6O2+. The molecule has 2 aromatic carbocycles. The predicted molar refractivity (Wildman–Crippen MR) is 110 cm³/mol. The molecule has 0 amide bonds. The Hall–Kier alpha value is -3.20. The Bertz CT molecular complexity index is 1240. The zero-order valence-electron chi connectivity index (χ0n) is 16.3. The van der Waals surface area contributed by atoms with Crippen molar-refractivity contribution in [3.63, 3.8) is 0 Å². The van der Waals surface area contributed by atoms with Crippen molar-refractivity contribution < 1.29 is 9.42 Å². The molecule has 0 fully saturated rings. The number of hydrogen-bond donors (Lipinski definition) is 1. The molecule has 0 radical (unpaired) electrons. The van der Waals surface area contributed by atoms with Crippen molar-refractivity contribution in [2.75, 3.05) is 0 Å². The van der Waals surface area contributed by atoms with E-state index in [-0.39, 0.29) is 5.69 Å². The van der Waals surface area contributed by atoms with Crippen LogP contribution < -0.4 is 15.1 Å². The number of halogens is 1. The van der Waals surface area contributed by atoms with E-state index in [1.165, 1.54) is 9.36 Å². The third-order valence-corrected chi connectivity index (χ3v) is 5.17. The van der Waals surface area contributed by atoms with Gasteiger partial charge < -0.3 is 4.74 Å². The molecule has 2 aromatic heterocycles. The molecule has 0 aliphatic heterocycles. The molecule has 8 nitrogen and oxygen atoms in total. The molecule has 4 aromatic rings. The summed E-state index contributed by atoms with van der Waals surface area (Å²) in [6.45, 7) is 4.30. The Kier molecular flexibility index (Phi) is 5.06. The largest absolute Gasteiger partial charge is 0.489 e. The van der Waals surface area contributed by atoms with Gasteiger partial charge in [0.25, 0.3) is 0 Å². The molecular weight excluding hydrogens is 436 g/mol. The SMILES string of the molecule is Cc1cc(-[n+]2cc(Br)c[nH]2)ccc1OCc1c(C)cccc1-n1nnn(C)c1=O. The van der Waals surface area contributed by atoms with Crippen molar-refractivity contribution in [3.8, 4) is 17.1 Å². The van der Waals surface area contributed by atoms with Crippen LogP contribution in [-0.4, -0.2) is 24.9 Å². The number of benzene rings is 2. The smallest absolute Gasteiger partial charge is 0.368 e. The van der Waals surface area contributed by atoms with Crippen LogP contribution in [0.5, 0.6) is 5.75 Å². The van der Waals surface area contributed by atoms with Crippen molar-refractivity contribution in [1.82, 2.24) is 24.9 Å². The Labute approximate surface area is 175 Å². The van der Waals surface area contributed by atoms with Gasteiger partial charge >= 0.3 is 5.69 Å². The summed E-state index contributed by atoms with van der Waals surface area (Å²) in [7, 11) is 1.57. The van der Waals surface area contributed by atoms with Gasteiger partial charge in [-0.1, -0.05) is 16.8 Å². The van der Waals surface area contributed by atoms with E-state index in [4.69, 9.17) is 4.74 Å². The highest BCUT2D eigenvalue weighted by molar-refractivity contribution is 9.10. The lowest BCUT2D eigenvalue weighted by Crippen LogP contribution is -2.31. The Morgan fingerprint density at radius 2 is 2.00 bits per heavy atom. The summed E-state index contributed by atoms with van der Waals surface area (Å²) in [6, 6.07) is 11.7. The lowest BCUT2D eigenvalue weighted by molar-refractivity contribution is -0.655. The highest BCUT2D eigenvalue weighted by Gasteiger charge is 2.15. The molecule has 0 saturated carbocycles. The molecule has 2 heterocycles. The van der Waals surface area contributed by atoms with E-state index >= 15 is 0 Å². The molecule has 0 unspecified atom stereocenters. The molecule has 9 heteroatoms. The number of tetrazole rings is 1. The Balaban J connectivity index is 1.61. The molecule has 0 aliphatic rings. The second kappa shape index (κ2) is 7.67. The minimum Gasteiger partial charge on any atom is -0.489 e. The summed E-state index contributed by atoms with van der Waals surface area (Å²) in [4.78, 5) is 12.3. The third-order valence-electron chi connectivity index (χ3n) is 4.74. The van der Waals surface area contributed by atoms with Crippen LogP contribution in [0.4, 0.5) is 0 Å². The van der Waals surface area contributed by atoms with Crippen molar-refractivity contribution in [2.45, 2.75) is 20.5 Å². The summed E-state index contributed by atoms with van der Waals surface area (Å²) >= 11 is 3.44. The van der Waals surface area contributed by atoms with E-state index in [1.807, 2.05) is 67.3 Å². The van der Waals surface area contributed by atoms with Gasteiger partial charge in [-0.25, -0.2) is 4.79 Å². The summed E-state index contributed by atoms with van der Waals surface area (Å²) in [5.74, 6) is 0.778. The van der Waals surface area contributed by atoms with Crippen LogP contribution in [0.15, 0.2) is 58.1 Å². The lowest BCUT2D eigenvalue weighted by Gasteiger charge is -2.14. The van der Waals surface area contributed by atoms with E-state index in [0.717, 1.165) is 32.6 Å². The maximum absolute atomic E-state index is 12.3. The molecule has 0 aliphatic carbocycles. The van der Waals surface area contributed by atoms with Gasteiger partial charge in [-0.2, -0.15) is 14.5 Å². The quantitative estimate of drug-likeness (QED) is 0.468. The number of nitrogens with one attached hydrogen (secondary N) is 1. The maximum atomic E-state index is 12.3. The Morgan fingerprint density at radius 3 is 2.66 bits per heavy atom. The molecule has 0 saturated heterocycles. The minimum atomic E-state index is -0.300. The van der Waals surface area contributed by atoms with Crippen LogP contribution >= 0.6 is 15.9 Å². The van der Waals surface area contributed by atoms with Gasteiger partial charge in [0.15, 0.2) is 0 Å². The first-order valence-corrected chi connectivity index (χ1v) is 9.80. The molecule has 0 spiro atoms. The zero-order valence-corrected chi connectivity index (χ0v) is 17.8. The fourth-order valence-electron chi connectivity index (χ4n) is 3.11. The first-order chi connectivity index (χ1) is 13.9. The number of nitrogens with zero attached hydrogens (tertiary/aromatic N) is 5. The van der Waals surface area contributed by atoms with E-state index in [1.54, 1.807) is 7.05 Å². The first-order valence-electron chi connectivity index (χ1n) is 9.01. The summed E-state index contributed by atoms with van der Waals surface area (Å²) in [5.41, 5.74) is 4.29. The van der Waals surface area contributed by atoms with E-state index in [9.17, 15) is 4.79 Å². The van der Waals surface area contributed by atoms with Crippen LogP contribution in [0.3, 0.4) is 0 Å². The normalized spacial score (nSPS) is 11.0. The number of ether oxygens (including phenoxy) is 1. The van der Waals surface area contributed by atoms with Crippen LogP contribution in [-0.2, 0) is 13.7 Å². The van der Waals surface area contributed by atoms with Gasteiger partial charge in [-0.3, -0.25) is 0 Å². The average molecular weight is 456 g/mol. The van der Waals surface area contributed by atoms with Crippen LogP contribution in [0, 0.1) is 13.8 Å². The van der Waals surface area contributed by atoms with E-state index in [2.05, 4.69) is 31.5 Å². The molecule has 1 N–H and O–H groups in total. The second-order valence-corrected chi connectivity index (χ2v) is 7.68. The van der Waals surface area contributed by atoms with Gasteiger partial charge in [-0.15, -0.1) is 0 Å². The molecule has 148 valence electrons. The molecule has 29 heavy (non-hydrogen) atoms. The van der Waals surface area contributed by atoms with Gasteiger partial charge in [0.05, 0.1) is 11.9 Å². The number of H-pyrrole nitrogens is 1. The molecule has 0 bridgehead atoms. The van der Waals surface area contributed by atoms with Gasteiger partial charge in [0.1, 0.15) is 16.8 Å². The molecule has 0 atom stereocenters. The summed E-state index contributed by atoms with van der Waals surface area (Å²) in [5, 5.41) is 10.9. The maximum Gasteiger partial charge on any atom is 0.368 e. The predicted octanol–water partition coefficient (Wildman–Crippen LogP) is 2.53. The van der Waals surface area contributed by atoms with Crippen LogP contribution in [0.2, 0.25) is 0 Å². The van der Waals surface area contributed by atoms with E-state index in [0.29, 0.717) is 12.3 Å². The van der Waals surface area contributed by atoms with Crippen molar-refractivity contribution in [3.05, 3.63) is 80.4 Å². The van der Waals surface area contributed by atoms with Crippen LogP contribution in [0.25, 0.3) is 11.4 Å². The first kappa shape index (κ1) is 19.1. The number of hydrogen-bond acceptors (Lipinski definition) is 4. The highest BCUT2D eigenvalue weighted by Crippen LogP contribution is 2.23. The van der Waals surface area contributed by atoms with Crippen molar-refractivity contribution in [2.24, 2.45) is 7.05 Å². The van der Waals surface area contributed by atoms with Gasteiger partial charge in [0.2, 0.25) is 11.9 Å².